The molecular weight excluding hydrogens is 299 g/mol. The van der Waals surface area contributed by atoms with Crippen LogP contribution in [0.25, 0.3) is 0 Å². The Morgan fingerprint density at radius 2 is 2.10 bits per heavy atom. The number of rotatable bonds is 5. The maximum Gasteiger partial charge on any atom is 0.339 e. The lowest BCUT2D eigenvalue weighted by Crippen LogP contribution is -2.12. The monoisotopic (exact) mass is 314 g/mol. The lowest BCUT2D eigenvalue weighted by molar-refractivity contribution is 0.0491. The first kappa shape index (κ1) is 16.6. The minimum absolute atomic E-state index is 0.128. The Balaban J connectivity index is 2.59. The van der Waals surface area contributed by atoms with Crippen molar-refractivity contribution in [2.45, 2.75) is 26.7 Å². The van der Waals surface area contributed by atoms with Crippen molar-refractivity contribution in [3.8, 4) is 6.07 Å². The van der Waals surface area contributed by atoms with E-state index in [1.54, 1.807) is 0 Å². The number of carbonyl (C=O) groups excluding carboxylic acids is 1. The molecule has 1 aromatic carbocycles. The van der Waals surface area contributed by atoms with Crippen molar-refractivity contribution >= 4 is 34.9 Å². The molecular formula is C14H16Cl2N2O2. The van der Waals surface area contributed by atoms with Gasteiger partial charge >= 0.3 is 5.97 Å². The third-order valence-electron chi connectivity index (χ3n) is 2.75. The third kappa shape index (κ3) is 4.59. The molecule has 1 aromatic rings. The Bertz CT molecular complexity index is 551. The molecule has 0 saturated heterocycles. The van der Waals surface area contributed by atoms with Crippen LogP contribution in [0.1, 0.15) is 37.0 Å². The number of esters is 1. The van der Waals surface area contributed by atoms with E-state index in [1.165, 1.54) is 12.1 Å². The Morgan fingerprint density at radius 3 is 2.70 bits per heavy atom. The number of nitrogens with zero attached hydrogens (tertiary/aromatic N) is 1. The van der Waals surface area contributed by atoms with E-state index < -0.39 is 11.4 Å². The van der Waals surface area contributed by atoms with E-state index in [0.29, 0.717) is 18.5 Å². The fourth-order valence-electron chi connectivity index (χ4n) is 1.57. The first-order valence-electron chi connectivity index (χ1n) is 6.10. The van der Waals surface area contributed by atoms with Crippen molar-refractivity contribution in [3.63, 3.8) is 0 Å². The van der Waals surface area contributed by atoms with Gasteiger partial charge in [-0.2, -0.15) is 5.26 Å². The van der Waals surface area contributed by atoms with E-state index in [0.717, 1.165) is 0 Å². The molecule has 0 aromatic heterocycles. The van der Waals surface area contributed by atoms with Crippen molar-refractivity contribution < 1.29 is 9.53 Å². The predicted octanol–water partition coefficient (Wildman–Crippen LogP) is 4.06. The second-order valence-corrected chi connectivity index (χ2v) is 5.88. The number of anilines is 1. The van der Waals surface area contributed by atoms with E-state index in [-0.39, 0.29) is 22.2 Å². The highest BCUT2D eigenvalue weighted by atomic mass is 35.5. The number of nitrogen functional groups attached to an aromatic ring is 1. The Labute approximate surface area is 128 Å². The summed E-state index contributed by atoms with van der Waals surface area (Å²) in [5.74, 6) is -0.570. The van der Waals surface area contributed by atoms with E-state index >= 15 is 0 Å². The van der Waals surface area contributed by atoms with Gasteiger partial charge in [-0.25, -0.2) is 4.79 Å². The highest BCUT2D eigenvalue weighted by Crippen LogP contribution is 2.29. The molecule has 0 radical (unpaired) electrons. The first-order valence-corrected chi connectivity index (χ1v) is 6.85. The topological polar surface area (TPSA) is 76.1 Å². The van der Waals surface area contributed by atoms with Gasteiger partial charge in [-0.1, -0.05) is 23.2 Å². The molecule has 0 fully saturated rings. The van der Waals surface area contributed by atoms with Gasteiger partial charge in [0.05, 0.1) is 33.7 Å². The number of hydrogen-bond acceptors (Lipinski definition) is 4. The quantitative estimate of drug-likeness (QED) is 0.505. The van der Waals surface area contributed by atoms with Gasteiger partial charge in [0.25, 0.3) is 0 Å². The second-order valence-electron chi connectivity index (χ2n) is 5.10. The van der Waals surface area contributed by atoms with Gasteiger partial charge in [0.1, 0.15) is 0 Å². The fraction of sp³-hybridized carbons (Fsp3) is 0.429. The summed E-state index contributed by atoms with van der Waals surface area (Å²) in [6.45, 7) is 3.89. The number of benzene rings is 1. The third-order valence-corrected chi connectivity index (χ3v) is 3.55. The smallest absolute Gasteiger partial charge is 0.339 e. The molecule has 6 heteroatoms. The summed E-state index contributed by atoms with van der Waals surface area (Å²) >= 11 is 11.8. The predicted molar refractivity (Wildman–Crippen MR) is 79.8 cm³/mol. The van der Waals surface area contributed by atoms with Crippen LogP contribution in [0.3, 0.4) is 0 Å². The van der Waals surface area contributed by atoms with Crippen molar-refractivity contribution in [2.24, 2.45) is 5.41 Å². The van der Waals surface area contributed by atoms with Crippen molar-refractivity contribution in [3.05, 3.63) is 27.7 Å². The van der Waals surface area contributed by atoms with Crippen LogP contribution in [0.5, 0.6) is 0 Å². The van der Waals surface area contributed by atoms with E-state index in [2.05, 4.69) is 6.07 Å². The Kier molecular flexibility index (Phi) is 5.67. The SMILES string of the molecule is CC(C)(C#N)CCCOC(=O)c1cc(N)cc(Cl)c1Cl. The molecule has 108 valence electrons. The maximum absolute atomic E-state index is 11.9. The molecule has 4 nitrogen and oxygen atoms in total. The van der Waals surface area contributed by atoms with Gasteiger partial charge in [-0.05, 0) is 38.8 Å². The number of carbonyl (C=O) groups is 1. The summed E-state index contributed by atoms with van der Waals surface area (Å²) in [5, 5.41) is 9.21. The maximum atomic E-state index is 11.9. The minimum atomic E-state index is -0.570. The van der Waals surface area contributed by atoms with Gasteiger partial charge in [0, 0.05) is 5.69 Å². The standard InChI is InChI=1S/C14H16Cl2N2O2/c1-14(2,8-17)4-3-5-20-13(19)10-6-9(18)7-11(15)12(10)16/h6-7H,3-5,18H2,1-2H3. The summed E-state index contributed by atoms with van der Waals surface area (Å²) in [6, 6.07) is 5.08. The van der Waals surface area contributed by atoms with E-state index in [9.17, 15) is 4.79 Å². The van der Waals surface area contributed by atoms with Gasteiger partial charge < -0.3 is 10.5 Å². The Hall–Kier alpha value is -1.44. The molecule has 0 amide bonds. The molecule has 0 heterocycles. The summed E-state index contributed by atoms with van der Waals surface area (Å²) in [6.07, 6.45) is 1.24. The van der Waals surface area contributed by atoms with Gasteiger partial charge in [0.15, 0.2) is 0 Å². The molecule has 1 rings (SSSR count). The minimum Gasteiger partial charge on any atom is -0.462 e. The fourth-order valence-corrected chi connectivity index (χ4v) is 1.99. The zero-order chi connectivity index (χ0) is 15.3. The second kappa shape index (κ2) is 6.83. The molecule has 0 spiro atoms. The van der Waals surface area contributed by atoms with Crippen molar-refractivity contribution in [2.75, 3.05) is 12.3 Å². The van der Waals surface area contributed by atoms with Crippen LogP contribution in [0.15, 0.2) is 12.1 Å². The molecule has 20 heavy (non-hydrogen) atoms. The lowest BCUT2D eigenvalue weighted by Gasteiger charge is -2.14. The molecule has 0 aliphatic carbocycles. The van der Waals surface area contributed by atoms with Crippen LogP contribution < -0.4 is 5.73 Å². The average molecular weight is 315 g/mol. The average Bonchev–Trinajstić information content (AvgIpc) is 2.38. The first-order chi connectivity index (χ1) is 9.26. The molecule has 0 bridgehead atoms. The number of halogens is 2. The van der Waals surface area contributed by atoms with E-state index in [4.69, 9.17) is 38.9 Å². The van der Waals surface area contributed by atoms with Crippen LogP contribution in [0, 0.1) is 16.7 Å². The molecule has 0 aliphatic heterocycles. The van der Waals surface area contributed by atoms with Crippen LogP contribution in [-0.2, 0) is 4.74 Å². The number of ether oxygens (including phenoxy) is 1. The molecule has 0 atom stereocenters. The molecule has 0 saturated carbocycles. The lowest BCUT2D eigenvalue weighted by atomic mass is 9.90. The number of hydrogen-bond donors (Lipinski definition) is 1. The van der Waals surface area contributed by atoms with Gasteiger partial charge in [-0.3, -0.25) is 0 Å². The van der Waals surface area contributed by atoms with Gasteiger partial charge in [-0.15, -0.1) is 0 Å². The Morgan fingerprint density at radius 1 is 1.45 bits per heavy atom. The van der Waals surface area contributed by atoms with Crippen molar-refractivity contribution in [1.29, 1.82) is 5.26 Å². The zero-order valence-corrected chi connectivity index (χ0v) is 12.9. The van der Waals surface area contributed by atoms with Crippen LogP contribution >= 0.6 is 23.2 Å². The summed E-state index contributed by atoms with van der Waals surface area (Å²) < 4.78 is 5.11. The van der Waals surface area contributed by atoms with E-state index in [1.807, 2.05) is 13.8 Å². The van der Waals surface area contributed by atoms with Crippen LogP contribution in [-0.4, -0.2) is 12.6 Å². The molecule has 0 aliphatic rings. The molecule has 2 N–H and O–H groups in total. The van der Waals surface area contributed by atoms with Crippen molar-refractivity contribution in [1.82, 2.24) is 0 Å². The number of nitrogens with two attached hydrogens (primary N) is 1. The highest BCUT2D eigenvalue weighted by Gasteiger charge is 2.18. The number of nitriles is 1. The summed E-state index contributed by atoms with van der Waals surface area (Å²) in [5.41, 5.74) is 5.68. The summed E-state index contributed by atoms with van der Waals surface area (Å²) in [4.78, 5) is 11.9. The van der Waals surface area contributed by atoms with Crippen LogP contribution in [0.2, 0.25) is 10.0 Å². The highest BCUT2D eigenvalue weighted by molar-refractivity contribution is 6.44. The van der Waals surface area contributed by atoms with Gasteiger partial charge in [0.2, 0.25) is 0 Å². The normalized spacial score (nSPS) is 10.9. The zero-order valence-electron chi connectivity index (χ0n) is 11.4. The largest absolute Gasteiger partial charge is 0.462 e. The summed E-state index contributed by atoms with van der Waals surface area (Å²) in [7, 11) is 0. The van der Waals surface area contributed by atoms with Crippen LogP contribution in [0.4, 0.5) is 5.69 Å². The molecule has 0 unspecified atom stereocenters.